The average molecular weight is 432 g/mol. The van der Waals surface area contributed by atoms with Gasteiger partial charge >= 0.3 is 0 Å². The lowest BCUT2D eigenvalue weighted by atomic mass is 10.3. The number of aromatic nitrogens is 3. The maximum Gasteiger partial charge on any atom is 0.238 e. The lowest BCUT2D eigenvalue weighted by molar-refractivity contribution is -0.117. The van der Waals surface area contributed by atoms with E-state index in [0.717, 1.165) is 28.7 Å². The number of nitrogens with zero attached hydrogens (tertiary/aromatic N) is 4. The van der Waals surface area contributed by atoms with E-state index >= 15 is 0 Å². The number of hydrogen-bond acceptors (Lipinski definition) is 6. The van der Waals surface area contributed by atoms with Crippen LogP contribution in [0.25, 0.3) is 10.7 Å². The summed E-state index contributed by atoms with van der Waals surface area (Å²) in [6.07, 6.45) is 0. The fourth-order valence-electron chi connectivity index (χ4n) is 2.94. The Labute approximate surface area is 179 Å². The molecule has 1 amide bonds. The second-order valence-corrected chi connectivity index (χ2v) is 7.70. The van der Waals surface area contributed by atoms with Crippen LogP contribution < -0.4 is 10.1 Å². The Kier molecular flexibility index (Phi) is 7.18. The van der Waals surface area contributed by atoms with Crippen LogP contribution in [-0.4, -0.2) is 45.4 Å². The van der Waals surface area contributed by atoms with Crippen LogP contribution in [0.4, 0.5) is 5.69 Å². The summed E-state index contributed by atoms with van der Waals surface area (Å²) in [5, 5.41) is 9.66. The second-order valence-electron chi connectivity index (χ2n) is 6.39. The molecule has 3 aromatic rings. The van der Waals surface area contributed by atoms with Crippen molar-refractivity contribution in [3.8, 4) is 16.5 Å². The van der Waals surface area contributed by atoms with Crippen molar-refractivity contribution in [1.82, 2.24) is 19.2 Å². The van der Waals surface area contributed by atoms with Gasteiger partial charge in [-0.25, -0.2) is 4.68 Å². The number of carbonyl (C=O) groups excluding carboxylic acids is 1. The second kappa shape index (κ2) is 9.82. The molecular weight excluding hydrogens is 406 g/mol. The van der Waals surface area contributed by atoms with E-state index in [1.807, 2.05) is 58.2 Å². The first-order chi connectivity index (χ1) is 14.0. The Morgan fingerprint density at radius 3 is 2.62 bits per heavy atom. The Morgan fingerprint density at radius 1 is 1.28 bits per heavy atom. The van der Waals surface area contributed by atoms with Crippen molar-refractivity contribution in [2.75, 3.05) is 25.5 Å². The van der Waals surface area contributed by atoms with Crippen LogP contribution in [0.2, 0.25) is 0 Å². The maximum absolute atomic E-state index is 12.5. The first-order valence-corrected chi connectivity index (χ1v) is 10.7. The van der Waals surface area contributed by atoms with Gasteiger partial charge in [-0.05, 0) is 61.4 Å². The van der Waals surface area contributed by atoms with Crippen molar-refractivity contribution in [1.29, 1.82) is 0 Å². The van der Waals surface area contributed by atoms with Crippen LogP contribution in [0.1, 0.15) is 13.8 Å². The quantitative estimate of drug-likeness (QED) is 0.517. The minimum atomic E-state index is -0.0862. The predicted octanol–water partition coefficient (Wildman–Crippen LogP) is 4.09. The molecule has 0 aliphatic heterocycles. The largest absolute Gasteiger partial charge is 0.497 e. The average Bonchev–Trinajstić information content (AvgIpc) is 3.36. The summed E-state index contributed by atoms with van der Waals surface area (Å²) in [7, 11) is 1.61. The highest BCUT2D eigenvalue weighted by atomic mass is 32.1. The molecule has 0 saturated carbocycles. The van der Waals surface area contributed by atoms with Crippen molar-refractivity contribution in [2.45, 2.75) is 27.1 Å². The molecule has 2 heterocycles. The van der Waals surface area contributed by atoms with Crippen molar-refractivity contribution >= 4 is 35.1 Å². The Hall–Kier alpha value is -2.49. The van der Waals surface area contributed by atoms with Gasteiger partial charge in [-0.3, -0.25) is 14.3 Å². The fraction of sp³-hybridized carbons (Fsp3) is 0.350. The Bertz CT molecular complexity index is 993. The first kappa shape index (κ1) is 21.2. The first-order valence-electron chi connectivity index (χ1n) is 9.43. The molecule has 2 aromatic heterocycles. The van der Waals surface area contributed by atoms with E-state index in [0.29, 0.717) is 18.0 Å². The predicted molar refractivity (Wildman–Crippen MR) is 119 cm³/mol. The normalized spacial score (nSPS) is 11.0. The van der Waals surface area contributed by atoms with Crippen molar-refractivity contribution in [2.24, 2.45) is 0 Å². The minimum Gasteiger partial charge on any atom is -0.497 e. The molecule has 0 bridgehead atoms. The topological polar surface area (TPSA) is 64.3 Å². The van der Waals surface area contributed by atoms with E-state index in [9.17, 15) is 4.79 Å². The molecule has 29 heavy (non-hydrogen) atoms. The zero-order chi connectivity index (χ0) is 20.8. The number of thiophene rings is 1. The van der Waals surface area contributed by atoms with Crippen molar-refractivity contribution in [3.05, 3.63) is 46.5 Å². The molecule has 0 spiro atoms. The lowest BCUT2D eigenvalue weighted by Gasteiger charge is -2.19. The SMILES string of the molecule is CCN(CC(=O)Nc1ccc(OC)cc1)Cn1nc(-c2cccs2)n(CC)c1=S. The molecule has 0 aliphatic rings. The van der Waals surface area contributed by atoms with Gasteiger partial charge in [0.05, 0.1) is 25.2 Å². The van der Waals surface area contributed by atoms with E-state index in [2.05, 4.69) is 12.2 Å². The third kappa shape index (κ3) is 5.11. The van der Waals surface area contributed by atoms with Crippen LogP contribution in [0.15, 0.2) is 41.8 Å². The number of rotatable bonds is 9. The highest BCUT2D eigenvalue weighted by Gasteiger charge is 2.16. The molecule has 0 unspecified atom stereocenters. The molecule has 0 aliphatic carbocycles. The number of amides is 1. The molecule has 9 heteroatoms. The molecule has 154 valence electrons. The minimum absolute atomic E-state index is 0.0862. The van der Waals surface area contributed by atoms with Crippen LogP contribution in [0, 0.1) is 4.77 Å². The molecular formula is C20H25N5O2S2. The van der Waals surface area contributed by atoms with Gasteiger partial charge < -0.3 is 10.1 Å². The smallest absolute Gasteiger partial charge is 0.238 e. The summed E-state index contributed by atoms with van der Waals surface area (Å²) < 4.78 is 9.61. The standard InChI is InChI=1S/C20H25N5O2S2/c1-4-23(13-18(26)21-15-8-10-16(27-3)11-9-15)14-25-20(28)24(5-2)19(22-25)17-7-6-12-29-17/h6-12H,4-5,13-14H2,1-3H3,(H,21,26). The van der Waals surface area contributed by atoms with E-state index in [1.165, 1.54) is 0 Å². The maximum atomic E-state index is 12.5. The van der Waals surface area contributed by atoms with Gasteiger partial charge in [-0.2, -0.15) is 0 Å². The molecule has 0 radical (unpaired) electrons. The molecule has 0 atom stereocenters. The van der Waals surface area contributed by atoms with Gasteiger partial charge in [0.1, 0.15) is 5.75 Å². The van der Waals surface area contributed by atoms with Gasteiger partial charge in [0, 0.05) is 12.2 Å². The fourth-order valence-corrected chi connectivity index (χ4v) is 3.97. The van der Waals surface area contributed by atoms with Gasteiger partial charge in [0.15, 0.2) is 10.6 Å². The molecule has 3 rings (SSSR count). The molecule has 0 saturated heterocycles. The summed E-state index contributed by atoms with van der Waals surface area (Å²) >= 11 is 7.26. The zero-order valence-corrected chi connectivity index (χ0v) is 18.4. The highest BCUT2D eigenvalue weighted by molar-refractivity contribution is 7.71. The van der Waals surface area contributed by atoms with E-state index in [1.54, 1.807) is 23.1 Å². The molecule has 1 aromatic carbocycles. The van der Waals surface area contributed by atoms with Crippen LogP contribution >= 0.6 is 23.6 Å². The number of nitrogens with one attached hydrogen (secondary N) is 1. The number of hydrogen-bond donors (Lipinski definition) is 1. The van der Waals surface area contributed by atoms with Gasteiger partial charge in [0.2, 0.25) is 5.91 Å². The van der Waals surface area contributed by atoms with Crippen molar-refractivity contribution < 1.29 is 9.53 Å². The summed E-state index contributed by atoms with van der Waals surface area (Å²) in [5.41, 5.74) is 0.735. The van der Waals surface area contributed by atoms with Gasteiger partial charge in [0.25, 0.3) is 0 Å². The van der Waals surface area contributed by atoms with E-state index < -0.39 is 0 Å². The molecule has 0 fully saturated rings. The summed E-state index contributed by atoms with van der Waals surface area (Å²) in [6, 6.07) is 11.3. The zero-order valence-electron chi connectivity index (χ0n) is 16.8. The summed E-state index contributed by atoms with van der Waals surface area (Å²) in [4.78, 5) is 15.6. The number of carbonyl (C=O) groups is 1. The number of ether oxygens (including phenoxy) is 1. The van der Waals surface area contributed by atoms with Crippen LogP contribution in [-0.2, 0) is 18.0 Å². The Morgan fingerprint density at radius 2 is 2.03 bits per heavy atom. The third-order valence-electron chi connectivity index (χ3n) is 4.50. The lowest BCUT2D eigenvalue weighted by Crippen LogP contribution is -2.35. The monoisotopic (exact) mass is 431 g/mol. The van der Waals surface area contributed by atoms with E-state index in [4.69, 9.17) is 22.1 Å². The number of methoxy groups -OCH3 is 1. The van der Waals surface area contributed by atoms with Crippen LogP contribution in [0.3, 0.4) is 0 Å². The third-order valence-corrected chi connectivity index (χ3v) is 5.80. The number of benzene rings is 1. The Balaban J connectivity index is 1.69. The number of anilines is 1. The van der Waals surface area contributed by atoms with E-state index in [-0.39, 0.29) is 12.5 Å². The van der Waals surface area contributed by atoms with Gasteiger partial charge in [-0.15, -0.1) is 16.4 Å². The molecule has 1 N–H and O–H groups in total. The number of likely N-dealkylation sites (N-methyl/N-ethyl adjacent to an activating group) is 1. The van der Waals surface area contributed by atoms with Crippen molar-refractivity contribution in [3.63, 3.8) is 0 Å². The summed E-state index contributed by atoms with van der Waals surface area (Å²) in [6.45, 7) is 6.22. The molecule has 7 nitrogen and oxygen atoms in total. The van der Waals surface area contributed by atoms with Gasteiger partial charge in [-0.1, -0.05) is 13.0 Å². The van der Waals surface area contributed by atoms with Crippen LogP contribution in [0.5, 0.6) is 5.75 Å². The highest BCUT2D eigenvalue weighted by Crippen LogP contribution is 2.23. The summed E-state index contributed by atoms with van der Waals surface area (Å²) in [5.74, 6) is 1.53.